The van der Waals surface area contributed by atoms with Crippen molar-refractivity contribution in [2.45, 2.75) is 24.8 Å². The van der Waals surface area contributed by atoms with Gasteiger partial charge in [-0.1, -0.05) is 13.3 Å². The van der Waals surface area contributed by atoms with E-state index in [0.717, 1.165) is 23.6 Å². The van der Waals surface area contributed by atoms with Crippen LogP contribution in [-0.4, -0.2) is 28.8 Å². The van der Waals surface area contributed by atoms with E-state index in [2.05, 4.69) is 21.6 Å². The summed E-state index contributed by atoms with van der Waals surface area (Å²) in [6.45, 7) is 2.14. The second kappa shape index (κ2) is 6.40. The van der Waals surface area contributed by atoms with Gasteiger partial charge in [-0.15, -0.1) is 11.8 Å². The maximum atomic E-state index is 11.2. The third-order valence-electron chi connectivity index (χ3n) is 1.75. The Bertz CT molecular complexity index is 331. The molecular formula is C10H14N2O2S. The van der Waals surface area contributed by atoms with Crippen LogP contribution in [0.4, 0.5) is 0 Å². The highest BCUT2D eigenvalue weighted by Gasteiger charge is 2.08. The molecule has 0 amide bonds. The quantitative estimate of drug-likeness (QED) is 0.437. The Morgan fingerprint density at radius 3 is 3.00 bits per heavy atom. The topological polar surface area (TPSA) is 52.1 Å². The van der Waals surface area contributed by atoms with Crippen LogP contribution in [0.25, 0.3) is 0 Å². The van der Waals surface area contributed by atoms with E-state index in [9.17, 15) is 4.79 Å². The Kier molecular flexibility index (Phi) is 5.10. The van der Waals surface area contributed by atoms with E-state index >= 15 is 0 Å². The van der Waals surface area contributed by atoms with Crippen molar-refractivity contribution in [2.24, 2.45) is 0 Å². The number of aromatic nitrogens is 2. The lowest BCUT2D eigenvalue weighted by Gasteiger charge is -2.01. The average Bonchev–Trinajstić information content (AvgIpc) is 2.29. The predicted molar refractivity (Wildman–Crippen MR) is 59.0 cm³/mol. The van der Waals surface area contributed by atoms with Crippen LogP contribution in [0.15, 0.2) is 17.4 Å². The lowest BCUT2D eigenvalue weighted by molar-refractivity contribution is 0.0592. The molecule has 1 rings (SSSR count). The van der Waals surface area contributed by atoms with Gasteiger partial charge in [0.2, 0.25) is 0 Å². The van der Waals surface area contributed by atoms with Gasteiger partial charge in [-0.2, -0.15) is 0 Å². The number of hydrogen-bond acceptors (Lipinski definition) is 5. The summed E-state index contributed by atoms with van der Waals surface area (Å²) in [5.74, 6) is 0.552. The largest absolute Gasteiger partial charge is 0.464 e. The molecule has 0 aromatic carbocycles. The van der Waals surface area contributed by atoms with Gasteiger partial charge in [0, 0.05) is 0 Å². The molecule has 82 valence electrons. The van der Waals surface area contributed by atoms with Crippen LogP contribution in [0.5, 0.6) is 0 Å². The SMILES string of the molecule is CCCCSc1cncc(C(=O)OC)n1. The highest BCUT2D eigenvalue weighted by Crippen LogP contribution is 2.16. The molecule has 0 aliphatic carbocycles. The van der Waals surface area contributed by atoms with Gasteiger partial charge in [0.25, 0.3) is 0 Å². The van der Waals surface area contributed by atoms with Crippen molar-refractivity contribution in [3.8, 4) is 0 Å². The van der Waals surface area contributed by atoms with Crippen molar-refractivity contribution in [3.05, 3.63) is 18.1 Å². The van der Waals surface area contributed by atoms with E-state index in [-0.39, 0.29) is 5.69 Å². The molecule has 0 atom stereocenters. The van der Waals surface area contributed by atoms with Gasteiger partial charge < -0.3 is 4.74 Å². The molecule has 0 unspecified atom stereocenters. The number of methoxy groups -OCH3 is 1. The van der Waals surface area contributed by atoms with Crippen molar-refractivity contribution in [1.82, 2.24) is 9.97 Å². The summed E-state index contributed by atoms with van der Waals surface area (Å²) < 4.78 is 4.57. The average molecular weight is 226 g/mol. The number of nitrogens with zero attached hydrogens (tertiary/aromatic N) is 2. The van der Waals surface area contributed by atoms with Gasteiger partial charge >= 0.3 is 5.97 Å². The highest BCUT2D eigenvalue weighted by molar-refractivity contribution is 7.99. The first-order valence-corrected chi connectivity index (χ1v) is 5.79. The van der Waals surface area contributed by atoms with Crippen LogP contribution < -0.4 is 0 Å². The number of esters is 1. The zero-order valence-corrected chi connectivity index (χ0v) is 9.71. The molecule has 0 fully saturated rings. The molecule has 4 nitrogen and oxygen atoms in total. The normalized spacial score (nSPS) is 10.0. The third-order valence-corrected chi connectivity index (χ3v) is 2.74. The maximum Gasteiger partial charge on any atom is 0.358 e. The Morgan fingerprint density at radius 2 is 2.33 bits per heavy atom. The Morgan fingerprint density at radius 1 is 1.53 bits per heavy atom. The first kappa shape index (κ1) is 12.0. The molecule has 0 aliphatic heterocycles. The van der Waals surface area contributed by atoms with Crippen molar-refractivity contribution in [1.29, 1.82) is 0 Å². The lowest BCUT2D eigenvalue weighted by atomic mass is 10.4. The fraction of sp³-hybridized carbons (Fsp3) is 0.500. The summed E-state index contributed by atoms with van der Waals surface area (Å²) in [7, 11) is 1.33. The van der Waals surface area contributed by atoms with E-state index in [1.54, 1.807) is 18.0 Å². The van der Waals surface area contributed by atoms with Gasteiger partial charge in [-0.25, -0.2) is 9.78 Å². The first-order chi connectivity index (χ1) is 7.27. The van der Waals surface area contributed by atoms with Crippen LogP contribution in [0.1, 0.15) is 30.3 Å². The minimum atomic E-state index is -0.444. The van der Waals surface area contributed by atoms with Gasteiger partial charge in [0.15, 0.2) is 5.69 Å². The second-order valence-corrected chi connectivity index (χ2v) is 4.05. The number of carbonyl (C=O) groups excluding carboxylic acids is 1. The van der Waals surface area contributed by atoms with Crippen molar-refractivity contribution >= 4 is 17.7 Å². The molecule has 15 heavy (non-hydrogen) atoms. The number of rotatable bonds is 5. The molecule has 0 radical (unpaired) electrons. The van der Waals surface area contributed by atoms with E-state index < -0.39 is 5.97 Å². The van der Waals surface area contributed by atoms with Gasteiger partial charge in [-0.3, -0.25) is 4.98 Å². The van der Waals surface area contributed by atoms with Crippen LogP contribution in [0, 0.1) is 0 Å². The fourth-order valence-electron chi connectivity index (χ4n) is 0.942. The first-order valence-electron chi connectivity index (χ1n) is 4.81. The molecule has 1 heterocycles. The van der Waals surface area contributed by atoms with E-state index in [0.29, 0.717) is 0 Å². The zero-order valence-electron chi connectivity index (χ0n) is 8.90. The van der Waals surface area contributed by atoms with Crippen LogP contribution in [0.2, 0.25) is 0 Å². The maximum absolute atomic E-state index is 11.2. The molecule has 0 saturated heterocycles. The molecular weight excluding hydrogens is 212 g/mol. The number of carbonyl (C=O) groups is 1. The molecule has 5 heteroatoms. The van der Waals surface area contributed by atoms with Gasteiger partial charge in [-0.05, 0) is 12.2 Å². The standard InChI is InChI=1S/C10H14N2O2S/c1-3-4-5-15-9-7-11-6-8(12-9)10(13)14-2/h6-7H,3-5H2,1-2H3. The molecule has 0 N–H and O–H groups in total. The van der Waals surface area contributed by atoms with Crippen LogP contribution >= 0.6 is 11.8 Å². The third kappa shape index (κ3) is 3.87. The minimum Gasteiger partial charge on any atom is -0.464 e. The number of unbranched alkanes of at least 4 members (excludes halogenated alkanes) is 1. The fourth-order valence-corrected chi connectivity index (χ4v) is 1.88. The number of thioether (sulfide) groups is 1. The van der Waals surface area contributed by atoms with E-state index in [1.807, 2.05) is 0 Å². The zero-order chi connectivity index (χ0) is 11.1. The second-order valence-electron chi connectivity index (χ2n) is 2.94. The molecule has 0 aliphatic rings. The molecule has 0 saturated carbocycles. The van der Waals surface area contributed by atoms with E-state index in [1.165, 1.54) is 13.3 Å². The van der Waals surface area contributed by atoms with Crippen molar-refractivity contribution < 1.29 is 9.53 Å². The summed E-state index contributed by atoms with van der Waals surface area (Å²) >= 11 is 1.61. The lowest BCUT2D eigenvalue weighted by Crippen LogP contribution is -2.05. The van der Waals surface area contributed by atoms with Gasteiger partial charge in [0.05, 0.1) is 19.5 Å². The Hall–Kier alpha value is -1.10. The molecule has 1 aromatic heterocycles. The molecule has 0 bridgehead atoms. The van der Waals surface area contributed by atoms with Crippen LogP contribution in [0.3, 0.4) is 0 Å². The summed E-state index contributed by atoms with van der Waals surface area (Å²) in [6, 6.07) is 0. The number of hydrogen-bond donors (Lipinski definition) is 0. The predicted octanol–water partition coefficient (Wildman–Crippen LogP) is 2.16. The van der Waals surface area contributed by atoms with Crippen LogP contribution in [-0.2, 0) is 4.74 Å². The summed E-state index contributed by atoms with van der Waals surface area (Å²) in [4.78, 5) is 19.3. The van der Waals surface area contributed by atoms with Crippen molar-refractivity contribution in [2.75, 3.05) is 12.9 Å². The highest BCUT2D eigenvalue weighted by atomic mass is 32.2. The minimum absolute atomic E-state index is 0.263. The van der Waals surface area contributed by atoms with E-state index in [4.69, 9.17) is 0 Å². The molecule has 1 aromatic rings. The Balaban J connectivity index is 2.62. The molecule has 0 spiro atoms. The Labute approximate surface area is 93.5 Å². The summed E-state index contributed by atoms with van der Waals surface area (Å²) in [5.41, 5.74) is 0.263. The van der Waals surface area contributed by atoms with Crippen molar-refractivity contribution in [3.63, 3.8) is 0 Å². The van der Waals surface area contributed by atoms with Gasteiger partial charge in [0.1, 0.15) is 5.03 Å². The monoisotopic (exact) mass is 226 g/mol. The smallest absolute Gasteiger partial charge is 0.358 e. The summed E-state index contributed by atoms with van der Waals surface area (Å²) in [5, 5.41) is 0.770. The number of ether oxygens (including phenoxy) is 1. The summed E-state index contributed by atoms with van der Waals surface area (Å²) in [6.07, 6.45) is 5.36.